The number of hydrogen-bond acceptors (Lipinski definition) is 2. The van der Waals surface area contributed by atoms with E-state index >= 15 is 0 Å². The zero-order valence-electron chi connectivity index (χ0n) is 10.9. The maximum Gasteiger partial charge on any atom is 0.338 e. The monoisotopic (exact) mass is 308 g/mol. The summed E-state index contributed by atoms with van der Waals surface area (Å²) in [5, 5.41) is 0.871. The predicted octanol–water partition coefficient (Wildman–Crippen LogP) is 3.78. The number of esters is 1. The van der Waals surface area contributed by atoms with Crippen molar-refractivity contribution in [2.45, 2.75) is 32.8 Å². The largest absolute Gasteiger partial charge is 0.456 e. The lowest BCUT2D eigenvalue weighted by molar-refractivity contribution is 0.00696. The summed E-state index contributed by atoms with van der Waals surface area (Å²) in [5.74, 6) is 5.75. The van der Waals surface area contributed by atoms with Gasteiger partial charge in [0.15, 0.2) is 0 Å². The Balaban J connectivity index is 2.72. The van der Waals surface area contributed by atoms with Crippen molar-refractivity contribution in [2.24, 2.45) is 0 Å². The molecule has 96 valence electrons. The number of carbonyl (C=O) groups is 1. The van der Waals surface area contributed by atoms with Crippen LogP contribution in [-0.4, -0.2) is 16.9 Å². The molecule has 0 aromatic heterocycles. The van der Waals surface area contributed by atoms with Gasteiger partial charge in [-0.25, -0.2) is 4.79 Å². The maximum atomic E-state index is 11.8. The molecule has 0 aliphatic rings. The third-order valence-electron chi connectivity index (χ3n) is 1.97. The topological polar surface area (TPSA) is 26.3 Å². The molecule has 0 bridgehead atoms. The Bertz CT molecular complexity index is 458. The quantitative estimate of drug-likeness (QED) is 0.472. The zero-order valence-corrected chi connectivity index (χ0v) is 12.5. The first-order chi connectivity index (χ1) is 8.42. The van der Waals surface area contributed by atoms with Crippen molar-refractivity contribution in [3.8, 4) is 11.8 Å². The van der Waals surface area contributed by atoms with E-state index in [2.05, 4.69) is 27.8 Å². The molecule has 2 nitrogen and oxygen atoms in total. The standard InChI is InChI=1S/C15H17BrO2/c1-15(2,3)18-14(17)13-9-7-12(8-10-13)6-4-5-11-16/h7-10H,5,11H2,1-3H3. The number of benzene rings is 1. The van der Waals surface area contributed by atoms with Gasteiger partial charge in [0.05, 0.1) is 5.56 Å². The van der Waals surface area contributed by atoms with Crippen molar-refractivity contribution in [3.05, 3.63) is 35.4 Å². The van der Waals surface area contributed by atoms with Gasteiger partial charge in [-0.1, -0.05) is 27.8 Å². The van der Waals surface area contributed by atoms with E-state index in [0.29, 0.717) is 5.56 Å². The number of alkyl halides is 1. The van der Waals surface area contributed by atoms with E-state index in [9.17, 15) is 4.79 Å². The first-order valence-corrected chi connectivity index (χ1v) is 6.93. The molecule has 0 aliphatic carbocycles. The summed E-state index contributed by atoms with van der Waals surface area (Å²) in [6, 6.07) is 7.15. The first kappa shape index (κ1) is 14.8. The molecule has 0 unspecified atom stereocenters. The lowest BCUT2D eigenvalue weighted by Gasteiger charge is -2.19. The van der Waals surface area contributed by atoms with Gasteiger partial charge in [-0.05, 0) is 45.0 Å². The van der Waals surface area contributed by atoms with Crippen molar-refractivity contribution < 1.29 is 9.53 Å². The van der Waals surface area contributed by atoms with Gasteiger partial charge < -0.3 is 4.74 Å². The fourth-order valence-electron chi connectivity index (χ4n) is 1.24. The highest BCUT2D eigenvalue weighted by Gasteiger charge is 2.17. The molecule has 0 saturated heterocycles. The van der Waals surface area contributed by atoms with Crippen LogP contribution >= 0.6 is 15.9 Å². The SMILES string of the molecule is CC(C)(C)OC(=O)c1ccc(C#CCCBr)cc1. The second-order valence-electron chi connectivity index (χ2n) is 4.82. The number of rotatable bonds is 2. The number of halogens is 1. The van der Waals surface area contributed by atoms with Crippen LogP contribution in [-0.2, 0) is 4.74 Å². The minimum Gasteiger partial charge on any atom is -0.456 e. The summed E-state index contributed by atoms with van der Waals surface area (Å²) < 4.78 is 5.28. The molecule has 1 aromatic rings. The normalized spacial score (nSPS) is 10.4. The Morgan fingerprint density at radius 1 is 1.28 bits per heavy atom. The molecule has 0 aliphatic heterocycles. The van der Waals surface area contributed by atoms with Crippen LogP contribution < -0.4 is 0 Å². The molecular weight excluding hydrogens is 292 g/mol. The minimum absolute atomic E-state index is 0.303. The Morgan fingerprint density at radius 2 is 1.89 bits per heavy atom. The van der Waals surface area contributed by atoms with Crippen molar-refractivity contribution >= 4 is 21.9 Å². The van der Waals surface area contributed by atoms with E-state index in [-0.39, 0.29) is 5.97 Å². The van der Waals surface area contributed by atoms with Gasteiger partial charge in [0, 0.05) is 17.3 Å². The van der Waals surface area contributed by atoms with Crippen LogP contribution in [0.2, 0.25) is 0 Å². The molecule has 0 spiro atoms. The highest BCUT2D eigenvalue weighted by atomic mass is 79.9. The van der Waals surface area contributed by atoms with E-state index in [1.807, 2.05) is 32.9 Å². The van der Waals surface area contributed by atoms with E-state index < -0.39 is 5.60 Å². The average Bonchev–Trinajstić information content (AvgIpc) is 2.28. The molecule has 0 amide bonds. The fourth-order valence-corrected chi connectivity index (χ4v) is 1.44. The molecule has 1 aromatic carbocycles. The Kier molecular flexibility index (Phi) is 5.43. The number of ether oxygens (including phenoxy) is 1. The summed E-state index contributed by atoms with van der Waals surface area (Å²) in [5.41, 5.74) is 0.991. The third kappa shape index (κ3) is 5.37. The smallest absolute Gasteiger partial charge is 0.338 e. The van der Waals surface area contributed by atoms with Crippen LogP contribution in [0.15, 0.2) is 24.3 Å². The molecule has 18 heavy (non-hydrogen) atoms. The highest BCUT2D eigenvalue weighted by Crippen LogP contribution is 2.12. The predicted molar refractivity (Wildman–Crippen MR) is 76.9 cm³/mol. The zero-order chi connectivity index (χ0) is 13.6. The van der Waals surface area contributed by atoms with Gasteiger partial charge in [-0.15, -0.1) is 0 Å². The number of carbonyl (C=O) groups excluding carboxylic acids is 1. The van der Waals surface area contributed by atoms with Gasteiger partial charge in [0.2, 0.25) is 0 Å². The fraction of sp³-hybridized carbons (Fsp3) is 0.400. The van der Waals surface area contributed by atoms with Crippen molar-refractivity contribution in [2.75, 3.05) is 5.33 Å². The van der Waals surface area contributed by atoms with E-state index in [0.717, 1.165) is 17.3 Å². The van der Waals surface area contributed by atoms with Crippen LogP contribution in [0.4, 0.5) is 0 Å². The van der Waals surface area contributed by atoms with Crippen LogP contribution in [0.1, 0.15) is 43.1 Å². The minimum atomic E-state index is -0.467. The Labute approximate surface area is 117 Å². The molecule has 0 radical (unpaired) electrons. The van der Waals surface area contributed by atoms with E-state index in [1.54, 1.807) is 12.1 Å². The van der Waals surface area contributed by atoms with Gasteiger partial charge in [-0.3, -0.25) is 0 Å². The number of hydrogen-bond donors (Lipinski definition) is 0. The summed E-state index contributed by atoms with van der Waals surface area (Å²) in [6.45, 7) is 5.56. The van der Waals surface area contributed by atoms with Crippen molar-refractivity contribution in [3.63, 3.8) is 0 Å². The molecule has 0 fully saturated rings. The molecule has 0 N–H and O–H groups in total. The van der Waals surface area contributed by atoms with Crippen LogP contribution in [0.5, 0.6) is 0 Å². The van der Waals surface area contributed by atoms with Crippen LogP contribution in [0.25, 0.3) is 0 Å². The van der Waals surface area contributed by atoms with Gasteiger partial charge in [0.1, 0.15) is 5.60 Å². The molecule has 0 heterocycles. The lowest BCUT2D eigenvalue weighted by atomic mass is 10.1. The summed E-state index contributed by atoms with van der Waals surface area (Å²) >= 11 is 3.32. The van der Waals surface area contributed by atoms with Gasteiger partial charge in [-0.2, -0.15) is 0 Å². The molecule has 0 atom stereocenters. The lowest BCUT2D eigenvalue weighted by Crippen LogP contribution is -2.23. The summed E-state index contributed by atoms with van der Waals surface area (Å²) in [6.07, 6.45) is 0.813. The van der Waals surface area contributed by atoms with Crippen LogP contribution in [0.3, 0.4) is 0 Å². The summed E-state index contributed by atoms with van der Waals surface area (Å²) in [4.78, 5) is 11.8. The summed E-state index contributed by atoms with van der Waals surface area (Å²) in [7, 11) is 0. The molecule has 3 heteroatoms. The first-order valence-electron chi connectivity index (χ1n) is 5.80. The highest BCUT2D eigenvalue weighted by molar-refractivity contribution is 9.09. The second-order valence-corrected chi connectivity index (χ2v) is 5.61. The van der Waals surface area contributed by atoms with Crippen molar-refractivity contribution in [1.82, 2.24) is 0 Å². The Hall–Kier alpha value is -1.27. The average molecular weight is 309 g/mol. The third-order valence-corrected chi connectivity index (χ3v) is 2.37. The van der Waals surface area contributed by atoms with Gasteiger partial charge in [0.25, 0.3) is 0 Å². The molecular formula is C15H17BrO2. The maximum absolute atomic E-state index is 11.8. The van der Waals surface area contributed by atoms with Crippen molar-refractivity contribution in [1.29, 1.82) is 0 Å². The van der Waals surface area contributed by atoms with Gasteiger partial charge >= 0.3 is 5.97 Å². The molecule has 0 saturated carbocycles. The molecule has 1 rings (SSSR count). The Morgan fingerprint density at radius 3 is 2.39 bits per heavy atom. The van der Waals surface area contributed by atoms with Crippen LogP contribution in [0, 0.1) is 11.8 Å². The van der Waals surface area contributed by atoms with E-state index in [1.165, 1.54) is 0 Å². The van der Waals surface area contributed by atoms with E-state index in [4.69, 9.17) is 4.74 Å². The second kappa shape index (κ2) is 6.61.